The van der Waals surface area contributed by atoms with Gasteiger partial charge in [-0.1, -0.05) is 0 Å². The smallest absolute Gasteiger partial charge is 0.270 e. The molecule has 0 aromatic carbocycles. The summed E-state index contributed by atoms with van der Waals surface area (Å²) < 4.78 is 2.89. The fourth-order valence-electron chi connectivity index (χ4n) is 1.49. The maximum Gasteiger partial charge on any atom is 0.270 e. The fraction of sp³-hybridized carbons (Fsp3) is 0.545. The highest BCUT2D eigenvalue weighted by Gasteiger charge is 2.15. The lowest BCUT2D eigenvalue weighted by Gasteiger charge is -2.17. The fourth-order valence-corrected chi connectivity index (χ4v) is 1.96. The highest BCUT2D eigenvalue weighted by molar-refractivity contribution is 9.10. The highest BCUT2D eigenvalue weighted by atomic mass is 79.9. The SMILES string of the molecule is CCn1cc(Br)cc1C(=O)N(C)CCNC. The summed E-state index contributed by atoms with van der Waals surface area (Å²) in [5, 5.41) is 3.03. The Balaban J connectivity index is 2.78. The molecule has 90 valence electrons. The van der Waals surface area contributed by atoms with Crippen LogP contribution in [0.2, 0.25) is 0 Å². The number of amides is 1. The Labute approximate surface area is 105 Å². The van der Waals surface area contributed by atoms with Crippen molar-refractivity contribution in [1.29, 1.82) is 0 Å². The van der Waals surface area contributed by atoms with Gasteiger partial charge in [-0.05, 0) is 36.0 Å². The van der Waals surface area contributed by atoms with E-state index in [2.05, 4.69) is 21.2 Å². The van der Waals surface area contributed by atoms with Crippen LogP contribution in [-0.2, 0) is 6.54 Å². The van der Waals surface area contributed by atoms with E-state index in [9.17, 15) is 4.79 Å². The second-order valence-corrected chi connectivity index (χ2v) is 4.58. The maximum atomic E-state index is 12.1. The lowest BCUT2D eigenvalue weighted by molar-refractivity contribution is 0.0786. The van der Waals surface area contributed by atoms with Gasteiger partial charge in [0.25, 0.3) is 5.91 Å². The molecule has 1 heterocycles. The summed E-state index contributed by atoms with van der Waals surface area (Å²) in [7, 11) is 3.70. The number of likely N-dealkylation sites (N-methyl/N-ethyl adjacent to an activating group) is 2. The van der Waals surface area contributed by atoms with E-state index in [1.165, 1.54) is 0 Å². The standard InChI is InChI=1S/C11H18BrN3O/c1-4-15-8-9(12)7-10(15)11(16)14(3)6-5-13-2/h7-8,13H,4-6H2,1-3H3. The Kier molecular flexibility index (Phi) is 5.02. The minimum absolute atomic E-state index is 0.0581. The van der Waals surface area contributed by atoms with Gasteiger partial charge in [0.1, 0.15) is 5.69 Å². The molecule has 0 aliphatic rings. The van der Waals surface area contributed by atoms with Crippen LogP contribution in [0, 0.1) is 0 Å². The summed E-state index contributed by atoms with van der Waals surface area (Å²) in [4.78, 5) is 13.8. The molecule has 0 fully saturated rings. The van der Waals surface area contributed by atoms with Crippen molar-refractivity contribution >= 4 is 21.8 Å². The van der Waals surface area contributed by atoms with Gasteiger partial charge in [-0.3, -0.25) is 4.79 Å². The van der Waals surface area contributed by atoms with Crippen LogP contribution in [0.1, 0.15) is 17.4 Å². The zero-order valence-electron chi connectivity index (χ0n) is 9.96. The van der Waals surface area contributed by atoms with E-state index in [0.29, 0.717) is 6.54 Å². The van der Waals surface area contributed by atoms with Crippen LogP contribution < -0.4 is 5.32 Å². The molecule has 1 amide bonds. The van der Waals surface area contributed by atoms with E-state index < -0.39 is 0 Å². The van der Waals surface area contributed by atoms with Gasteiger partial charge < -0.3 is 14.8 Å². The number of aryl methyl sites for hydroxylation is 1. The predicted molar refractivity (Wildman–Crippen MR) is 68.7 cm³/mol. The van der Waals surface area contributed by atoms with E-state index in [1.807, 2.05) is 37.8 Å². The van der Waals surface area contributed by atoms with Crippen molar-refractivity contribution in [3.63, 3.8) is 0 Å². The molecule has 0 atom stereocenters. The molecule has 1 aromatic rings. The topological polar surface area (TPSA) is 37.3 Å². The first-order valence-corrected chi connectivity index (χ1v) is 6.15. The number of hydrogen-bond donors (Lipinski definition) is 1. The number of nitrogens with one attached hydrogen (secondary N) is 1. The predicted octanol–water partition coefficient (Wildman–Crippen LogP) is 1.56. The third kappa shape index (κ3) is 3.09. The van der Waals surface area contributed by atoms with Crippen molar-refractivity contribution < 1.29 is 4.79 Å². The summed E-state index contributed by atoms with van der Waals surface area (Å²) in [5.41, 5.74) is 0.730. The highest BCUT2D eigenvalue weighted by Crippen LogP contribution is 2.16. The second-order valence-electron chi connectivity index (χ2n) is 3.66. The molecule has 1 N–H and O–H groups in total. The van der Waals surface area contributed by atoms with Gasteiger partial charge >= 0.3 is 0 Å². The molecule has 0 radical (unpaired) electrons. The van der Waals surface area contributed by atoms with Gasteiger partial charge in [-0.25, -0.2) is 0 Å². The summed E-state index contributed by atoms with van der Waals surface area (Å²) in [5.74, 6) is 0.0581. The van der Waals surface area contributed by atoms with E-state index in [1.54, 1.807) is 4.90 Å². The Morgan fingerprint density at radius 2 is 2.31 bits per heavy atom. The van der Waals surface area contributed by atoms with Crippen molar-refractivity contribution in [3.05, 3.63) is 22.4 Å². The third-order valence-electron chi connectivity index (χ3n) is 2.47. The van der Waals surface area contributed by atoms with Gasteiger partial charge in [-0.15, -0.1) is 0 Å². The van der Waals surface area contributed by atoms with Crippen molar-refractivity contribution in [2.75, 3.05) is 27.2 Å². The molecule has 1 rings (SSSR count). The van der Waals surface area contributed by atoms with Crippen LogP contribution in [-0.4, -0.2) is 42.6 Å². The van der Waals surface area contributed by atoms with Crippen LogP contribution in [0.4, 0.5) is 0 Å². The number of rotatable bonds is 5. The average molecular weight is 288 g/mol. The molecule has 0 saturated carbocycles. The van der Waals surface area contributed by atoms with Gasteiger partial charge in [0, 0.05) is 37.4 Å². The van der Waals surface area contributed by atoms with E-state index in [-0.39, 0.29) is 5.91 Å². The number of aromatic nitrogens is 1. The third-order valence-corrected chi connectivity index (χ3v) is 2.90. The lowest BCUT2D eigenvalue weighted by atomic mass is 10.3. The van der Waals surface area contributed by atoms with Gasteiger partial charge in [0.05, 0.1) is 0 Å². The molecule has 1 aromatic heterocycles. The summed E-state index contributed by atoms with van der Waals surface area (Å²) in [6.07, 6.45) is 1.93. The Morgan fingerprint density at radius 1 is 1.62 bits per heavy atom. The first kappa shape index (κ1) is 13.3. The lowest BCUT2D eigenvalue weighted by Crippen LogP contribution is -2.33. The number of halogens is 1. The van der Waals surface area contributed by atoms with Gasteiger partial charge in [-0.2, -0.15) is 0 Å². The molecular formula is C11H18BrN3O. The summed E-state index contributed by atoms with van der Waals surface area (Å²) in [6, 6.07) is 1.86. The largest absolute Gasteiger partial charge is 0.343 e. The minimum atomic E-state index is 0.0581. The zero-order valence-corrected chi connectivity index (χ0v) is 11.5. The van der Waals surface area contributed by atoms with Gasteiger partial charge in [0.15, 0.2) is 0 Å². The van der Waals surface area contributed by atoms with Gasteiger partial charge in [0.2, 0.25) is 0 Å². The minimum Gasteiger partial charge on any atom is -0.343 e. The zero-order chi connectivity index (χ0) is 12.1. The molecule has 0 spiro atoms. The van der Waals surface area contributed by atoms with E-state index >= 15 is 0 Å². The first-order valence-electron chi connectivity index (χ1n) is 5.35. The summed E-state index contributed by atoms with van der Waals surface area (Å²) in [6.45, 7) is 4.33. The Morgan fingerprint density at radius 3 is 2.88 bits per heavy atom. The molecule has 16 heavy (non-hydrogen) atoms. The van der Waals surface area contributed by atoms with Crippen molar-refractivity contribution in [2.45, 2.75) is 13.5 Å². The van der Waals surface area contributed by atoms with Crippen LogP contribution >= 0.6 is 15.9 Å². The van der Waals surface area contributed by atoms with Crippen LogP contribution in [0.25, 0.3) is 0 Å². The molecule has 0 unspecified atom stereocenters. The molecule has 0 bridgehead atoms. The quantitative estimate of drug-likeness (QED) is 0.893. The van der Waals surface area contributed by atoms with Crippen molar-refractivity contribution in [3.8, 4) is 0 Å². The molecule has 0 saturated heterocycles. The molecule has 5 heteroatoms. The second kappa shape index (κ2) is 6.06. The van der Waals surface area contributed by atoms with Crippen LogP contribution in [0.15, 0.2) is 16.7 Å². The molecular weight excluding hydrogens is 270 g/mol. The first-order chi connectivity index (χ1) is 7.60. The molecule has 4 nitrogen and oxygen atoms in total. The van der Waals surface area contributed by atoms with Crippen molar-refractivity contribution in [1.82, 2.24) is 14.8 Å². The van der Waals surface area contributed by atoms with Crippen molar-refractivity contribution in [2.24, 2.45) is 0 Å². The number of hydrogen-bond acceptors (Lipinski definition) is 2. The number of carbonyl (C=O) groups excluding carboxylic acids is 1. The molecule has 0 aliphatic carbocycles. The maximum absolute atomic E-state index is 12.1. The van der Waals surface area contributed by atoms with Crippen LogP contribution in [0.3, 0.4) is 0 Å². The average Bonchev–Trinajstić information content (AvgIpc) is 2.66. The van der Waals surface area contributed by atoms with Crippen LogP contribution in [0.5, 0.6) is 0 Å². The summed E-state index contributed by atoms with van der Waals surface area (Å²) >= 11 is 3.39. The Bertz CT molecular complexity index is 362. The van der Waals surface area contributed by atoms with E-state index in [4.69, 9.17) is 0 Å². The normalized spacial score (nSPS) is 10.5. The van der Waals surface area contributed by atoms with E-state index in [0.717, 1.165) is 23.3 Å². The Hall–Kier alpha value is -0.810. The monoisotopic (exact) mass is 287 g/mol. The number of carbonyl (C=O) groups is 1. The number of nitrogens with zero attached hydrogens (tertiary/aromatic N) is 2. The molecule has 0 aliphatic heterocycles.